The summed E-state index contributed by atoms with van der Waals surface area (Å²) < 4.78 is 0. The van der Waals surface area contributed by atoms with Crippen LogP contribution in [0.25, 0.3) is 0 Å². The first kappa shape index (κ1) is 20.8. The highest BCUT2D eigenvalue weighted by Crippen LogP contribution is 2.25. The molecule has 0 radical (unpaired) electrons. The highest BCUT2D eigenvalue weighted by molar-refractivity contribution is 6.33. The lowest BCUT2D eigenvalue weighted by atomic mass is 9.98. The minimum absolute atomic E-state index is 0.0804. The van der Waals surface area contributed by atoms with Crippen molar-refractivity contribution in [3.05, 3.63) is 69.7 Å². The van der Waals surface area contributed by atoms with E-state index in [2.05, 4.69) is 42.9 Å². The highest BCUT2D eigenvalue weighted by Gasteiger charge is 2.35. The number of rotatable bonds is 3. The van der Waals surface area contributed by atoms with Gasteiger partial charge >= 0.3 is 0 Å². The normalized spacial score (nSPS) is 21.7. The summed E-state index contributed by atoms with van der Waals surface area (Å²) in [5.74, 6) is 0.00170. The maximum Gasteiger partial charge on any atom is 0.255 e. The zero-order valence-corrected chi connectivity index (χ0v) is 18.1. The van der Waals surface area contributed by atoms with Crippen molar-refractivity contribution in [1.29, 1.82) is 0 Å². The maximum atomic E-state index is 13.0. The molecule has 4 rings (SSSR count). The Morgan fingerprint density at radius 2 is 1.63 bits per heavy atom. The predicted octanol–water partition coefficient (Wildman–Crippen LogP) is 2.85. The van der Waals surface area contributed by atoms with Crippen LogP contribution in [0.5, 0.6) is 0 Å². The molecule has 2 saturated heterocycles. The van der Waals surface area contributed by atoms with E-state index in [1.165, 1.54) is 16.7 Å². The third kappa shape index (κ3) is 4.21. The molecule has 2 unspecified atom stereocenters. The number of hydrogen-bond donors (Lipinski definition) is 2. The molecule has 2 N–H and O–H groups in total. The van der Waals surface area contributed by atoms with Crippen LogP contribution >= 0.6 is 11.6 Å². The van der Waals surface area contributed by atoms with Crippen LogP contribution in [-0.2, 0) is 4.79 Å². The van der Waals surface area contributed by atoms with Gasteiger partial charge in [0.05, 0.1) is 10.6 Å². The van der Waals surface area contributed by atoms with Crippen LogP contribution in [0.1, 0.15) is 39.5 Å². The number of carbonyl (C=O) groups is 2. The number of carbonyl (C=O) groups excluding carboxylic acids is 2. The lowest BCUT2D eigenvalue weighted by Crippen LogP contribution is -2.54. The molecule has 2 aliphatic heterocycles. The molecule has 0 aromatic heterocycles. The number of benzene rings is 2. The molecule has 2 aliphatic rings. The van der Waals surface area contributed by atoms with Crippen LogP contribution in [0.15, 0.2) is 42.5 Å². The molecular weight excluding hydrogens is 400 g/mol. The van der Waals surface area contributed by atoms with E-state index in [1.54, 1.807) is 17.0 Å². The van der Waals surface area contributed by atoms with Gasteiger partial charge < -0.3 is 9.80 Å². The van der Waals surface area contributed by atoms with Gasteiger partial charge in [-0.1, -0.05) is 41.9 Å². The van der Waals surface area contributed by atoms with Gasteiger partial charge in [0, 0.05) is 32.2 Å². The van der Waals surface area contributed by atoms with Crippen molar-refractivity contribution in [2.24, 2.45) is 0 Å². The van der Waals surface area contributed by atoms with Gasteiger partial charge in [-0.15, -0.1) is 0 Å². The minimum Gasteiger partial charge on any atom is -0.338 e. The van der Waals surface area contributed by atoms with Crippen molar-refractivity contribution >= 4 is 23.4 Å². The van der Waals surface area contributed by atoms with Crippen molar-refractivity contribution in [3.8, 4) is 0 Å². The number of halogens is 1. The molecule has 158 valence electrons. The lowest BCUT2D eigenvalue weighted by Gasteiger charge is -2.36. The summed E-state index contributed by atoms with van der Waals surface area (Å²) in [5.41, 5.74) is 10.7. The lowest BCUT2D eigenvalue weighted by molar-refractivity contribution is -0.134. The van der Waals surface area contributed by atoms with Gasteiger partial charge in [-0.25, -0.2) is 10.9 Å². The molecule has 0 saturated carbocycles. The predicted molar refractivity (Wildman–Crippen MR) is 117 cm³/mol. The van der Waals surface area contributed by atoms with Crippen molar-refractivity contribution in [3.63, 3.8) is 0 Å². The third-order valence-electron chi connectivity index (χ3n) is 6.12. The Morgan fingerprint density at radius 1 is 0.933 bits per heavy atom. The summed E-state index contributed by atoms with van der Waals surface area (Å²) in [6, 6.07) is 13.4. The molecule has 30 heavy (non-hydrogen) atoms. The summed E-state index contributed by atoms with van der Waals surface area (Å²) in [6.45, 7) is 6.28. The first-order chi connectivity index (χ1) is 14.4. The molecule has 0 spiro atoms. The molecule has 0 bridgehead atoms. The van der Waals surface area contributed by atoms with Crippen LogP contribution in [-0.4, -0.2) is 53.8 Å². The fourth-order valence-electron chi connectivity index (χ4n) is 4.07. The zero-order valence-electron chi connectivity index (χ0n) is 17.3. The van der Waals surface area contributed by atoms with E-state index in [0.29, 0.717) is 43.2 Å². The van der Waals surface area contributed by atoms with E-state index in [0.717, 1.165) is 0 Å². The minimum atomic E-state index is -0.262. The SMILES string of the molecule is Cc1ccc(C2CC(C(=O)N3CCN(C(=O)c4ccccc4Cl)CC3)NN2)cc1C. The van der Waals surface area contributed by atoms with E-state index in [4.69, 9.17) is 11.6 Å². The molecule has 2 heterocycles. The largest absolute Gasteiger partial charge is 0.338 e. The van der Waals surface area contributed by atoms with Crippen LogP contribution < -0.4 is 10.9 Å². The molecular formula is C23H27ClN4O2. The van der Waals surface area contributed by atoms with Crippen LogP contribution in [0.2, 0.25) is 5.02 Å². The number of nitrogens with one attached hydrogen (secondary N) is 2. The average molecular weight is 427 g/mol. The first-order valence-corrected chi connectivity index (χ1v) is 10.7. The van der Waals surface area contributed by atoms with Crippen LogP contribution in [0.4, 0.5) is 0 Å². The Labute approximate surface area is 182 Å². The van der Waals surface area contributed by atoms with Crippen molar-refractivity contribution in [1.82, 2.24) is 20.7 Å². The molecule has 2 aromatic carbocycles. The second kappa shape index (κ2) is 8.76. The molecule has 7 heteroatoms. The summed E-state index contributed by atoms with van der Waals surface area (Å²) in [4.78, 5) is 29.3. The Bertz CT molecular complexity index is 956. The fourth-order valence-corrected chi connectivity index (χ4v) is 4.29. The Balaban J connectivity index is 1.33. The highest BCUT2D eigenvalue weighted by atomic mass is 35.5. The number of piperazine rings is 1. The van der Waals surface area contributed by atoms with Crippen molar-refractivity contribution in [2.75, 3.05) is 26.2 Å². The van der Waals surface area contributed by atoms with Crippen molar-refractivity contribution in [2.45, 2.75) is 32.4 Å². The van der Waals surface area contributed by atoms with Gasteiger partial charge in [-0.3, -0.25) is 9.59 Å². The van der Waals surface area contributed by atoms with Crippen LogP contribution in [0.3, 0.4) is 0 Å². The summed E-state index contributed by atoms with van der Waals surface area (Å²) >= 11 is 6.16. The number of nitrogens with zero attached hydrogens (tertiary/aromatic N) is 2. The summed E-state index contributed by atoms with van der Waals surface area (Å²) in [6.07, 6.45) is 0.708. The first-order valence-electron chi connectivity index (χ1n) is 10.3. The van der Waals surface area contributed by atoms with Crippen LogP contribution in [0, 0.1) is 13.8 Å². The molecule has 2 amide bonds. The third-order valence-corrected chi connectivity index (χ3v) is 6.45. The molecule has 2 aromatic rings. The molecule has 2 atom stereocenters. The van der Waals surface area contributed by atoms with Gasteiger partial charge in [0.15, 0.2) is 0 Å². The van der Waals surface area contributed by atoms with Gasteiger partial charge in [0.25, 0.3) is 5.91 Å². The molecule has 0 aliphatic carbocycles. The standard InChI is InChI=1S/C23H27ClN4O2/c1-15-7-8-17(13-16(15)2)20-14-21(26-25-20)23(30)28-11-9-27(10-12-28)22(29)18-5-3-4-6-19(18)24/h3-8,13,20-21,25-26H,9-12,14H2,1-2H3. The van der Waals surface area contributed by atoms with Gasteiger partial charge in [-0.2, -0.15) is 0 Å². The van der Waals surface area contributed by atoms with E-state index >= 15 is 0 Å². The number of hydrogen-bond acceptors (Lipinski definition) is 4. The zero-order chi connectivity index (χ0) is 21.3. The number of hydrazine groups is 1. The smallest absolute Gasteiger partial charge is 0.255 e. The van der Waals surface area contributed by atoms with E-state index in [9.17, 15) is 9.59 Å². The Hall–Kier alpha value is -2.41. The topological polar surface area (TPSA) is 64.7 Å². The number of aryl methyl sites for hydroxylation is 2. The number of amides is 2. The second-order valence-corrected chi connectivity index (χ2v) is 8.48. The van der Waals surface area contributed by atoms with E-state index < -0.39 is 0 Å². The molecule has 2 fully saturated rings. The van der Waals surface area contributed by atoms with Gasteiger partial charge in [-0.05, 0) is 49.1 Å². The Kier molecular flexibility index (Phi) is 6.09. The fraction of sp³-hybridized carbons (Fsp3) is 0.391. The van der Waals surface area contributed by atoms with Crippen molar-refractivity contribution < 1.29 is 9.59 Å². The van der Waals surface area contributed by atoms with Gasteiger partial charge in [0.2, 0.25) is 5.91 Å². The monoisotopic (exact) mass is 426 g/mol. The molecule has 6 nitrogen and oxygen atoms in total. The Morgan fingerprint density at radius 3 is 2.33 bits per heavy atom. The van der Waals surface area contributed by atoms with E-state index in [-0.39, 0.29) is 23.9 Å². The summed E-state index contributed by atoms with van der Waals surface area (Å²) in [7, 11) is 0. The maximum absolute atomic E-state index is 13.0. The average Bonchev–Trinajstić information content (AvgIpc) is 3.25. The van der Waals surface area contributed by atoms with E-state index in [1.807, 2.05) is 17.0 Å². The quantitative estimate of drug-likeness (QED) is 0.792. The second-order valence-electron chi connectivity index (χ2n) is 8.07. The summed E-state index contributed by atoms with van der Waals surface area (Å²) in [5, 5.41) is 0.458. The van der Waals surface area contributed by atoms with Gasteiger partial charge in [0.1, 0.15) is 6.04 Å².